The molecular formula is C21H31Cl2N7O5. The van der Waals surface area contributed by atoms with Gasteiger partial charge in [0, 0.05) is 23.2 Å². The van der Waals surface area contributed by atoms with E-state index in [9.17, 15) is 9.59 Å². The number of hydrogen-bond acceptors (Lipinski definition) is 9. The predicted molar refractivity (Wildman–Crippen MR) is 129 cm³/mol. The maximum Gasteiger partial charge on any atom is 0.407 e. The van der Waals surface area contributed by atoms with Gasteiger partial charge in [0.15, 0.2) is 5.82 Å². The van der Waals surface area contributed by atoms with E-state index in [0.717, 1.165) is 5.56 Å². The number of ether oxygens (including phenoxy) is 2. The molecule has 2 amide bonds. The van der Waals surface area contributed by atoms with E-state index in [0.29, 0.717) is 35.3 Å². The largest absolute Gasteiger partial charge is 0.448 e. The molecule has 2 rings (SSSR count). The van der Waals surface area contributed by atoms with Gasteiger partial charge in [0.25, 0.3) is 0 Å². The van der Waals surface area contributed by atoms with E-state index in [4.69, 9.17) is 43.5 Å². The number of nitrogens with one attached hydrogen (secondary N) is 2. The Balaban J connectivity index is 2.00. The third kappa shape index (κ3) is 10.3. The van der Waals surface area contributed by atoms with E-state index in [1.54, 1.807) is 32.0 Å². The number of carbonyl (C=O) groups excluding carboxylic acids is 2. The average Bonchev–Trinajstić information content (AvgIpc) is 3.23. The highest BCUT2D eigenvalue weighted by Gasteiger charge is 2.28. The van der Waals surface area contributed by atoms with Gasteiger partial charge in [-0.1, -0.05) is 23.2 Å². The molecule has 0 fully saturated rings. The van der Waals surface area contributed by atoms with Crippen LogP contribution in [-0.4, -0.2) is 69.2 Å². The first-order chi connectivity index (χ1) is 16.6. The van der Waals surface area contributed by atoms with Crippen LogP contribution in [0.2, 0.25) is 10.0 Å². The van der Waals surface area contributed by atoms with Crippen molar-refractivity contribution >= 4 is 35.2 Å². The Morgan fingerprint density at radius 1 is 1.23 bits per heavy atom. The number of aliphatic hydroxyl groups excluding tert-OH is 1. The first-order valence-electron chi connectivity index (χ1n) is 11.0. The van der Waals surface area contributed by atoms with Crippen LogP contribution in [0.15, 0.2) is 18.2 Å². The van der Waals surface area contributed by atoms with Crippen LogP contribution < -0.4 is 16.4 Å². The van der Waals surface area contributed by atoms with Gasteiger partial charge in [-0.2, -0.15) is 0 Å². The summed E-state index contributed by atoms with van der Waals surface area (Å²) in [7, 11) is 0. The van der Waals surface area contributed by atoms with Crippen LogP contribution in [0.1, 0.15) is 44.1 Å². The number of halogens is 2. The molecule has 1 heterocycles. The molecule has 0 unspecified atom stereocenters. The molecule has 5 N–H and O–H groups in total. The summed E-state index contributed by atoms with van der Waals surface area (Å²) in [4.78, 5) is 24.3. The lowest BCUT2D eigenvalue weighted by atomic mass is 10.1. The molecule has 2 aromatic rings. The molecular weight excluding hydrogens is 501 g/mol. The molecule has 12 nitrogen and oxygen atoms in total. The summed E-state index contributed by atoms with van der Waals surface area (Å²) in [6.45, 7) is 3.96. The second kappa shape index (κ2) is 14.1. The third-order valence-electron chi connectivity index (χ3n) is 4.63. The Labute approximate surface area is 213 Å². The molecule has 1 aromatic carbocycles. The summed E-state index contributed by atoms with van der Waals surface area (Å²) in [5.41, 5.74) is 5.53. The summed E-state index contributed by atoms with van der Waals surface area (Å²) < 4.78 is 12.3. The number of nitrogens with two attached hydrogens (primary N) is 1. The van der Waals surface area contributed by atoms with E-state index in [1.807, 2.05) is 0 Å². The molecule has 0 saturated heterocycles. The molecule has 0 saturated carbocycles. The summed E-state index contributed by atoms with van der Waals surface area (Å²) in [6.07, 6.45) is 0.645. The zero-order chi connectivity index (χ0) is 25.8. The zero-order valence-electron chi connectivity index (χ0n) is 19.7. The first-order valence-corrected chi connectivity index (χ1v) is 11.8. The van der Waals surface area contributed by atoms with Crippen LogP contribution in [0.5, 0.6) is 0 Å². The maximum atomic E-state index is 12.6. The number of aliphatic hydroxyl groups is 1. The molecule has 1 atom stereocenters. The van der Waals surface area contributed by atoms with E-state index in [2.05, 4.69) is 26.2 Å². The van der Waals surface area contributed by atoms with Crippen molar-refractivity contribution in [2.45, 2.75) is 51.4 Å². The van der Waals surface area contributed by atoms with Gasteiger partial charge in [-0.3, -0.25) is 4.79 Å². The smallest absolute Gasteiger partial charge is 0.407 e. The minimum absolute atomic E-state index is 0.00517. The Morgan fingerprint density at radius 2 is 1.94 bits per heavy atom. The van der Waals surface area contributed by atoms with Gasteiger partial charge in [-0.25, -0.2) is 9.48 Å². The number of benzene rings is 1. The minimum atomic E-state index is -1.14. The van der Waals surface area contributed by atoms with Gasteiger partial charge in [0.05, 0.1) is 25.3 Å². The van der Waals surface area contributed by atoms with Crippen molar-refractivity contribution in [1.82, 2.24) is 30.8 Å². The second-order valence-electron chi connectivity index (χ2n) is 8.29. The van der Waals surface area contributed by atoms with Crippen LogP contribution >= 0.6 is 23.2 Å². The quantitative estimate of drug-likeness (QED) is 0.264. The highest BCUT2D eigenvalue weighted by atomic mass is 35.5. The van der Waals surface area contributed by atoms with Crippen molar-refractivity contribution in [3.05, 3.63) is 39.6 Å². The van der Waals surface area contributed by atoms with E-state index < -0.39 is 23.6 Å². The minimum Gasteiger partial charge on any atom is -0.448 e. The maximum absolute atomic E-state index is 12.6. The van der Waals surface area contributed by atoms with Gasteiger partial charge in [-0.15, -0.1) is 5.10 Å². The molecule has 194 valence electrons. The van der Waals surface area contributed by atoms with Crippen molar-refractivity contribution < 1.29 is 24.2 Å². The highest BCUT2D eigenvalue weighted by molar-refractivity contribution is 6.34. The topological polar surface area (TPSA) is 167 Å². The van der Waals surface area contributed by atoms with Crippen LogP contribution in [0.4, 0.5) is 4.79 Å². The monoisotopic (exact) mass is 531 g/mol. The van der Waals surface area contributed by atoms with Crippen molar-refractivity contribution in [3.8, 4) is 0 Å². The van der Waals surface area contributed by atoms with Crippen LogP contribution in [0.25, 0.3) is 0 Å². The second-order valence-corrected chi connectivity index (χ2v) is 9.17. The molecule has 0 aliphatic carbocycles. The standard InChI is InChI=1S/C21H31Cl2N7O5/c1-21(2,24)19(32)26-17(13-34-12-14-9-15(22)11-16(23)10-14)18-27-28-29-30(18)6-8-35-20(33)25-5-3-4-7-31/h9-11,17,31H,3-8,12-13,24H2,1-2H3,(H,25,33)(H,26,32)/t17-/m1/s1. The molecule has 0 aliphatic rings. The Bertz CT molecular complexity index is 948. The lowest BCUT2D eigenvalue weighted by Gasteiger charge is -2.23. The third-order valence-corrected chi connectivity index (χ3v) is 5.06. The van der Waals surface area contributed by atoms with Crippen LogP contribution in [0.3, 0.4) is 0 Å². The van der Waals surface area contributed by atoms with Crippen LogP contribution in [0, 0.1) is 0 Å². The summed E-state index contributed by atoms with van der Waals surface area (Å²) in [6, 6.07) is 4.33. The number of amides is 2. The Kier molecular flexibility index (Phi) is 11.6. The molecule has 1 aromatic heterocycles. The van der Waals surface area contributed by atoms with Gasteiger partial charge >= 0.3 is 6.09 Å². The van der Waals surface area contributed by atoms with Gasteiger partial charge < -0.3 is 30.9 Å². The fourth-order valence-corrected chi connectivity index (χ4v) is 3.41. The van der Waals surface area contributed by atoms with Gasteiger partial charge in [-0.05, 0) is 60.9 Å². The average molecular weight is 532 g/mol. The van der Waals surface area contributed by atoms with Crippen molar-refractivity contribution in [2.24, 2.45) is 5.73 Å². The number of alkyl carbamates (subject to hydrolysis) is 1. The lowest BCUT2D eigenvalue weighted by molar-refractivity contribution is -0.126. The van der Waals surface area contributed by atoms with Crippen LogP contribution in [-0.2, 0) is 27.4 Å². The number of carbonyl (C=O) groups is 2. The predicted octanol–water partition coefficient (Wildman–Crippen LogP) is 1.59. The number of tetrazole rings is 1. The molecule has 0 radical (unpaired) electrons. The fraction of sp³-hybridized carbons (Fsp3) is 0.571. The van der Waals surface area contributed by atoms with Crippen molar-refractivity contribution in [1.29, 1.82) is 0 Å². The number of hydrogen-bond donors (Lipinski definition) is 4. The number of aromatic nitrogens is 4. The molecule has 0 bridgehead atoms. The van der Waals surface area contributed by atoms with Gasteiger partial charge in [0.1, 0.15) is 12.6 Å². The zero-order valence-corrected chi connectivity index (χ0v) is 21.2. The number of rotatable bonds is 14. The van der Waals surface area contributed by atoms with Gasteiger partial charge in [0.2, 0.25) is 5.91 Å². The normalized spacial score (nSPS) is 12.3. The summed E-state index contributed by atoms with van der Waals surface area (Å²) in [5.74, 6) is -0.122. The molecule has 0 spiro atoms. The number of nitrogens with zero attached hydrogens (tertiary/aromatic N) is 4. The molecule has 35 heavy (non-hydrogen) atoms. The van der Waals surface area contributed by atoms with E-state index in [-0.39, 0.29) is 33.0 Å². The number of unbranched alkanes of at least 4 members (excludes halogenated alkanes) is 1. The highest BCUT2D eigenvalue weighted by Crippen LogP contribution is 2.20. The Morgan fingerprint density at radius 3 is 2.60 bits per heavy atom. The van der Waals surface area contributed by atoms with E-state index >= 15 is 0 Å². The fourth-order valence-electron chi connectivity index (χ4n) is 2.84. The van der Waals surface area contributed by atoms with E-state index in [1.165, 1.54) is 4.68 Å². The summed E-state index contributed by atoms with van der Waals surface area (Å²) in [5, 5.41) is 26.7. The lowest BCUT2D eigenvalue weighted by Crippen LogP contribution is -2.51. The first kappa shape index (κ1) is 28.7. The van der Waals surface area contributed by atoms with Crippen molar-refractivity contribution in [2.75, 3.05) is 26.4 Å². The van der Waals surface area contributed by atoms with Crippen molar-refractivity contribution in [3.63, 3.8) is 0 Å². The SMILES string of the molecule is CC(C)(N)C(=O)N[C@H](COCc1cc(Cl)cc(Cl)c1)c1nnnn1CCOC(=O)NCCCCO. The summed E-state index contributed by atoms with van der Waals surface area (Å²) >= 11 is 12.1. The molecule has 14 heteroatoms. The molecule has 0 aliphatic heterocycles. The Hall–Kier alpha value is -2.51.